The van der Waals surface area contributed by atoms with Crippen molar-refractivity contribution in [2.45, 2.75) is 45.1 Å². The van der Waals surface area contributed by atoms with Crippen LogP contribution in [0.5, 0.6) is 11.5 Å². The fraction of sp³-hybridized carbons (Fsp3) is 0.423. The molecule has 1 aliphatic carbocycles. The van der Waals surface area contributed by atoms with Gasteiger partial charge in [-0.25, -0.2) is 0 Å². The molecule has 2 aromatic rings. The van der Waals surface area contributed by atoms with Crippen molar-refractivity contribution in [2.75, 3.05) is 19.7 Å². The molecule has 0 spiro atoms. The Kier molecular flexibility index (Phi) is 10.2. The van der Waals surface area contributed by atoms with Gasteiger partial charge in [-0.05, 0) is 75.1 Å². The predicted octanol–water partition coefficient (Wildman–Crippen LogP) is 4.90. The van der Waals surface area contributed by atoms with Crippen molar-refractivity contribution in [1.82, 2.24) is 10.6 Å². The molecule has 0 heterocycles. The lowest BCUT2D eigenvalue weighted by Crippen LogP contribution is -2.34. The molecule has 206 valence electrons. The number of hydrogen-bond donors (Lipinski definition) is 2. The van der Waals surface area contributed by atoms with Crippen molar-refractivity contribution >= 4 is 29.4 Å². The van der Waals surface area contributed by atoms with Crippen molar-refractivity contribution in [3.05, 3.63) is 58.6 Å². The van der Waals surface area contributed by atoms with Gasteiger partial charge in [0.1, 0.15) is 11.5 Å². The van der Waals surface area contributed by atoms with Crippen molar-refractivity contribution in [3.8, 4) is 11.5 Å². The molecule has 2 N–H and O–H groups in total. The molecular formula is C26H28ClF3N2O6. The first kappa shape index (κ1) is 29.1. The molecule has 1 fully saturated rings. The van der Waals surface area contributed by atoms with Gasteiger partial charge in [0.05, 0.1) is 29.2 Å². The summed E-state index contributed by atoms with van der Waals surface area (Å²) in [6.45, 7) is 2.32. The van der Waals surface area contributed by atoms with E-state index >= 15 is 0 Å². The first-order valence-corrected chi connectivity index (χ1v) is 12.5. The van der Waals surface area contributed by atoms with E-state index in [1.54, 1.807) is 25.1 Å². The summed E-state index contributed by atoms with van der Waals surface area (Å²) in [4.78, 5) is 36.5. The lowest BCUT2D eigenvalue weighted by Gasteiger charge is -2.27. The van der Waals surface area contributed by atoms with Crippen LogP contribution in [0.25, 0.3) is 0 Å². The van der Waals surface area contributed by atoms with E-state index in [1.165, 1.54) is 12.1 Å². The number of benzene rings is 2. The number of nitrogens with one attached hydrogen (secondary N) is 2. The monoisotopic (exact) mass is 556 g/mol. The smallest absolute Gasteiger partial charge is 0.490 e. The summed E-state index contributed by atoms with van der Waals surface area (Å²) in [7, 11) is 0. The molecule has 2 amide bonds. The maximum absolute atomic E-state index is 12.5. The normalized spacial score (nSPS) is 17.3. The summed E-state index contributed by atoms with van der Waals surface area (Å²) >= 11 is 6.29. The van der Waals surface area contributed by atoms with E-state index in [0.29, 0.717) is 38.0 Å². The third-order valence-corrected chi connectivity index (χ3v) is 6.14. The number of alkyl halides is 3. The molecule has 1 saturated carbocycles. The van der Waals surface area contributed by atoms with Gasteiger partial charge in [0.15, 0.2) is 0 Å². The number of ether oxygens (including phenoxy) is 3. The zero-order valence-electron chi connectivity index (χ0n) is 20.6. The second kappa shape index (κ2) is 13.4. The highest BCUT2D eigenvalue weighted by Crippen LogP contribution is 2.30. The minimum Gasteiger partial charge on any atom is -0.490 e. The molecule has 1 aliphatic rings. The van der Waals surface area contributed by atoms with Crippen LogP contribution in [0.15, 0.2) is 42.5 Å². The molecule has 8 nitrogen and oxygen atoms in total. The van der Waals surface area contributed by atoms with Crippen molar-refractivity contribution in [2.24, 2.45) is 5.92 Å². The van der Waals surface area contributed by atoms with E-state index in [2.05, 4.69) is 15.4 Å². The number of rotatable bonds is 10. The Morgan fingerprint density at radius 1 is 0.921 bits per heavy atom. The summed E-state index contributed by atoms with van der Waals surface area (Å²) in [6, 6.07) is 9.21. The Morgan fingerprint density at radius 3 is 2.11 bits per heavy atom. The van der Waals surface area contributed by atoms with Crippen LogP contribution in [0.2, 0.25) is 5.02 Å². The topological polar surface area (TPSA) is 103 Å². The number of hydrogen-bond acceptors (Lipinski definition) is 6. The van der Waals surface area contributed by atoms with Gasteiger partial charge in [-0.3, -0.25) is 14.4 Å². The number of carbonyl (C=O) groups excluding carboxylic acids is 3. The molecule has 3 rings (SSSR count). The van der Waals surface area contributed by atoms with Crippen LogP contribution in [0.1, 0.15) is 53.3 Å². The summed E-state index contributed by atoms with van der Waals surface area (Å²) < 4.78 is 51.5. The molecule has 0 aromatic heterocycles. The van der Waals surface area contributed by atoms with Gasteiger partial charge in [-0.2, -0.15) is 0 Å². The number of halogens is 4. The lowest BCUT2D eigenvalue weighted by molar-refractivity contribution is -0.274. The van der Waals surface area contributed by atoms with Crippen LogP contribution >= 0.6 is 11.6 Å². The fourth-order valence-electron chi connectivity index (χ4n) is 3.98. The Balaban J connectivity index is 1.41. The van der Waals surface area contributed by atoms with Crippen LogP contribution in [-0.4, -0.2) is 49.9 Å². The molecule has 38 heavy (non-hydrogen) atoms. The highest BCUT2D eigenvalue weighted by molar-refractivity contribution is 6.34. The first-order chi connectivity index (χ1) is 18.1. The third kappa shape index (κ3) is 8.83. The summed E-state index contributed by atoms with van der Waals surface area (Å²) in [6.07, 6.45) is -2.09. The number of amides is 2. The summed E-state index contributed by atoms with van der Waals surface area (Å²) in [5.41, 5.74) is 0.371. The Labute approximate surface area is 222 Å². The number of carbonyl (C=O) groups is 3. The standard InChI is InChI=1S/C26H28ClF3N2O6/c1-2-36-25(35)17-5-7-18(8-6-17)37-20-11-12-21(22(27)15-20)24(34)32-14-13-31-23(33)16-3-9-19(10-4-16)38-26(28,29)30/h3-4,9-12,15,17-18H,2,5-8,13-14H2,1H3,(H,31,33)(H,32,34)/t17-,18+. The highest BCUT2D eigenvalue weighted by atomic mass is 35.5. The van der Waals surface area contributed by atoms with E-state index in [9.17, 15) is 27.6 Å². The van der Waals surface area contributed by atoms with E-state index in [0.717, 1.165) is 12.1 Å². The maximum atomic E-state index is 12.5. The van der Waals surface area contributed by atoms with Crippen molar-refractivity contribution in [1.29, 1.82) is 0 Å². The van der Waals surface area contributed by atoms with Crippen LogP contribution in [-0.2, 0) is 9.53 Å². The molecule has 0 atom stereocenters. The van der Waals surface area contributed by atoms with Crippen LogP contribution in [0, 0.1) is 5.92 Å². The Bertz CT molecular complexity index is 1120. The van der Waals surface area contributed by atoms with Gasteiger partial charge < -0.3 is 24.8 Å². The van der Waals surface area contributed by atoms with Gasteiger partial charge in [-0.1, -0.05) is 11.6 Å². The highest BCUT2D eigenvalue weighted by Gasteiger charge is 2.31. The predicted molar refractivity (Wildman–Crippen MR) is 132 cm³/mol. The van der Waals surface area contributed by atoms with Gasteiger partial charge in [0, 0.05) is 18.7 Å². The van der Waals surface area contributed by atoms with Crippen LogP contribution < -0.4 is 20.1 Å². The van der Waals surface area contributed by atoms with Crippen molar-refractivity contribution < 1.29 is 41.8 Å². The van der Waals surface area contributed by atoms with E-state index in [-0.39, 0.29) is 47.2 Å². The zero-order chi connectivity index (χ0) is 27.7. The second-order valence-electron chi connectivity index (χ2n) is 8.57. The summed E-state index contributed by atoms with van der Waals surface area (Å²) in [5.74, 6) is -1.15. The average molecular weight is 557 g/mol. The van der Waals surface area contributed by atoms with E-state index < -0.39 is 23.9 Å². The molecule has 2 aromatic carbocycles. The molecular weight excluding hydrogens is 529 g/mol. The second-order valence-corrected chi connectivity index (χ2v) is 8.98. The van der Waals surface area contributed by atoms with Gasteiger partial charge in [0.2, 0.25) is 0 Å². The Morgan fingerprint density at radius 2 is 1.53 bits per heavy atom. The fourth-order valence-corrected chi connectivity index (χ4v) is 4.24. The van der Waals surface area contributed by atoms with Gasteiger partial charge in [-0.15, -0.1) is 13.2 Å². The van der Waals surface area contributed by atoms with Gasteiger partial charge >= 0.3 is 12.3 Å². The molecule has 0 radical (unpaired) electrons. The van der Waals surface area contributed by atoms with E-state index in [1.807, 2.05) is 0 Å². The average Bonchev–Trinajstić information content (AvgIpc) is 2.86. The molecule has 0 unspecified atom stereocenters. The zero-order valence-corrected chi connectivity index (χ0v) is 21.4. The molecule has 0 bridgehead atoms. The lowest BCUT2D eigenvalue weighted by atomic mass is 9.87. The van der Waals surface area contributed by atoms with E-state index in [4.69, 9.17) is 21.1 Å². The minimum absolute atomic E-state index is 0.0617. The SMILES string of the molecule is CCOC(=O)[C@H]1CC[C@@H](Oc2ccc(C(=O)NCCNC(=O)c3ccc(OC(F)(F)F)cc3)c(Cl)c2)CC1. The number of esters is 1. The first-order valence-electron chi connectivity index (χ1n) is 12.1. The Hall–Kier alpha value is -3.47. The van der Waals surface area contributed by atoms with Crippen molar-refractivity contribution in [3.63, 3.8) is 0 Å². The molecule has 12 heteroatoms. The maximum Gasteiger partial charge on any atom is 0.573 e. The molecule has 0 aliphatic heterocycles. The van der Waals surface area contributed by atoms with Crippen LogP contribution in [0.4, 0.5) is 13.2 Å². The third-order valence-electron chi connectivity index (χ3n) is 5.83. The largest absolute Gasteiger partial charge is 0.573 e. The van der Waals surface area contributed by atoms with Gasteiger partial charge in [0.25, 0.3) is 11.8 Å². The quantitative estimate of drug-likeness (QED) is 0.319. The van der Waals surface area contributed by atoms with Crippen LogP contribution in [0.3, 0.4) is 0 Å². The summed E-state index contributed by atoms with van der Waals surface area (Å²) in [5, 5.41) is 5.40. The minimum atomic E-state index is -4.82. The molecule has 0 saturated heterocycles.